The van der Waals surface area contributed by atoms with Crippen molar-refractivity contribution in [2.24, 2.45) is 0 Å². The maximum absolute atomic E-state index is 6.48. The van der Waals surface area contributed by atoms with Crippen molar-refractivity contribution in [2.75, 3.05) is 0 Å². The second-order valence-corrected chi connectivity index (χ2v) is 7.49. The average Bonchev–Trinajstić information content (AvgIpc) is 2.51. The Balaban J connectivity index is 2.03. The Hall–Kier alpha value is -0.0800. The summed E-state index contributed by atoms with van der Waals surface area (Å²) in [7, 11) is 0. The zero-order valence-corrected chi connectivity index (χ0v) is 12.8. The number of nitrogens with zero attached hydrogens (tertiary/aromatic N) is 1. The first-order valence-corrected chi connectivity index (χ1v) is 7.89. The molecule has 1 saturated heterocycles. The third-order valence-corrected chi connectivity index (χ3v) is 4.73. The van der Waals surface area contributed by atoms with Gasteiger partial charge in [0.05, 0.1) is 6.10 Å². The van der Waals surface area contributed by atoms with E-state index in [2.05, 4.69) is 32.8 Å². The topological polar surface area (TPSA) is 12.5 Å². The molecule has 0 unspecified atom stereocenters. The van der Waals surface area contributed by atoms with Gasteiger partial charge in [0.2, 0.25) is 0 Å². The first-order chi connectivity index (χ1) is 8.42. The molecule has 1 aliphatic carbocycles. The summed E-state index contributed by atoms with van der Waals surface area (Å²) in [5.41, 5.74) is 0.377. The molecule has 2 fully saturated rings. The van der Waals surface area contributed by atoms with Crippen molar-refractivity contribution in [1.82, 2.24) is 5.06 Å². The van der Waals surface area contributed by atoms with E-state index in [4.69, 9.17) is 4.84 Å². The molecule has 0 amide bonds. The Labute approximate surface area is 113 Å². The van der Waals surface area contributed by atoms with Gasteiger partial charge in [0, 0.05) is 11.1 Å². The molecule has 0 bridgehead atoms. The lowest BCUT2D eigenvalue weighted by Crippen LogP contribution is -2.59. The highest BCUT2D eigenvalue weighted by atomic mass is 16.7. The number of hydrogen-bond donors (Lipinski definition) is 0. The van der Waals surface area contributed by atoms with E-state index in [9.17, 15) is 0 Å². The van der Waals surface area contributed by atoms with Gasteiger partial charge >= 0.3 is 0 Å². The number of rotatable bonds is 2. The third-order valence-electron chi connectivity index (χ3n) is 4.73. The van der Waals surface area contributed by atoms with Crippen molar-refractivity contribution < 1.29 is 4.84 Å². The number of hydroxylamine groups is 2. The first kappa shape index (κ1) is 14.3. The average molecular weight is 253 g/mol. The molecule has 1 saturated carbocycles. The normalized spacial score (nSPS) is 30.0. The zero-order valence-electron chi connectivity index (χ0n) is 12.8. The molecule has 0 N–H and O–H groups in total. The molecule has 2 heteroatoms. The van der Waals surface area contributed by atoms with E-state index in [1.807, 2.05) is 0 Å². The van der Waals surface area contributed by atoms with Gasteiger partial charge in [-0.1, -0.05) is 25.7 Å². The molecule has 2 aliphatic rings. The molecule has 0 aromatic heterocycles. The predicted octanol–water partition coefficient (Wildman–Crippen LogP) is 4.68. The second kappa shape index (κ2) is 5.50. The van der Waals surface area contributed by atoms with Gasteiger partial charge in [0.1, 0.15) is 0 Å². The van der Waals surface area contributed by atoms with E-state index in [0.717, 1.165) is 0 Å². The molecule has 106 valence electrons. The molecule has 1 aliphatic heterocycles. The van der Waals surface area contributed by atoms with Crippen LogP contribution >= 0.6 is 0 Å². The zero-order chi connectivity index (χ0) is 13.2. The van der Waals surface area contributed by atoms with Gasteiger partial charge in [-0.15, -0.1) is 0 Å². The van der Waals surface area contributed by atoms with Crippen molar-refractivity contribution in [2.45, 2.75) is 103 Å². The Kier molecular flexibility index (Phi) is 4.38. The van der Waals surface area contributed by atoms with Crippen molar-refractivity contribution in [3.8, 4) is 0 Å². The summed E-state index contributed by atoms with van der Waals surface area (Å²) in [4.78, 5) is 6.48. The van der Waals surface area contributed by atoms with E-state index in [-0.39, 0.29) is 11.1 Å². The van der Waals surface area contributed by atoms with Crippen LogP contribution in [0, 0.1) is 0 Å². The second-order valence-electron chi connectivity index (χ2n) is 7.49. The van der Waals surface area contributed by atoms with Crippen LogP contribution in [0.4, 0.5) is 0 Å². The van der Waals surface area contributed by atoms with Crippen LogP contribution in [0.5, 0.6) is 0 Å². The summed E-state index contributed by atoms with van der Waals surface area (Å²) in [5.74, 6) is 0. The lowest BCUT2D eigenvalue weighted by atomic mass is 9.82. The molecule has 0 radical (unpaired) electrons. The fourth-order valence-electron chi connectivity index (χ4n) is 3.76. The van der Waals surface area contributed by atoms with Crippen LogP contribution in [0.1, 0.15) is 85.5 Å². The summed E-state index contributed by atoms with van der Waals surface area (Å²) in [6.07, 6.45) is 12.3. The van der Waals surface area contributed by atoms with Gasteiger partial charge in [-0.25, -0.2) is 0 Å². The molecule has 0 atom stereocenters. The maximum atomic E-state index is 6.48. The Bertz CT molecular complexity index is 248. The SMILES string of the molecule is CC1(C)CCCC(C)(C)N1OC1CCCCCC1. The molecule has 0 spiro atoms. The smallest absolute Gasteiger partial charge is 0.0793 e. The van der Waals surface area contributed by atoms with Crippen LogP contribution in [0.25, 0.3) is 0 Å². The fourth-order valence-corrected chi connectivity index (χ4v) is 3.76. The molecule has 2 rings (SSSR count). The molecule has 0 aromatic carbocycles. The van der Waals surface area contributed by atoms with Crippen LogP contribution in [0.2, 0.25) is 0 Å². The Morgan fingerprint density at radius 1 is 0.778 bits per heavy atom. The van der Waals surface area contributed by atoms with Gasteiger partial charge in [0.25, 0.3) is 0 Å². The van der Waals surface area contributed by atoms with Gasteiger partial charge < -0.3 is 0 Å². The van der Waals surface area contributed by atoms with Crippen LogP contribution in [-0.2, 0) is 4.84 Å². The van der Waals surface area contributed by atoms with Crippen LogP contribution in [0.3, 0.4) is 0 Å². The Morgan fingerprint density at radius 2 is 1.28 bits per heavy atom. The highest BCUT2D eigenvalue weighted by Crippen LogP contribution is 2.39. The highest BCUT2D eigenvalue weighted by molar-refractivity contribution is 4.93. The maximum Gasteiger partial charge on any atom is 0.0793 e. The standard InChI is InChI=1S/C16H31NO/c1-15(2)12-9-13-16(3,4)17(15)18-14-10-7-5-6-8-11-14/h14H,5-13H2,1-4H3. The van der Waals surface area contributed by atoms with E-state index in [1.165, 1.54) is 57.8 Å². The van der Waals surface area contributed by atoms with Crippen molar-refractivity contribution >= 4 is 0 Å². The third kappa shape index (κ3) is 3.27. The molecular formula is C16H31NO. The van der Waals surface area contributed by atoms with Gasteiger partial charge in [-0.3, -0.25) is 4.84 Å². The largest absolute Gasteiger partial charge is 0.295 e. The molecular weight excluding hydrogens is 222 g/mol. The van der Waals surface area contributed by atoms with E-state index >= 15 is 0 Å². The summed E-state index contributed by atoms with van der Waals surface area (Å²) in [6.45, 7) is 9.35. The first-order valence-electron chi connectivity index (χ1n) is 7.89. The molecule has 18 heavy (non-hydrogen) atoms. The minimum atomic E-state index is 0.189. The van der Waals surface area contributed by atoms with Crippen molar-refractivity contribution in [1.29, 1.82) is 0 Å². The summed E-state index contributed by atoms with van der Waals surface area (Å²) >= 11 is 0. The predicted molar refractivity (Wildman–Crippen MR) is 76.4 cm³/mol. The van der Waals surface area contributed by atoms with Crippen LogP contribution in [-0.4, -0.2) is 22.2 Å². The molecule has 0 aromatic rings. The summed E-state index contributed by atoms with van der Waals surface area (Å²) in [5, 5.41) is 2.35. The minimum Gasteiger partial charge on any atom is -0.295 e. The highest BCUT2D eigenvalue weighted by Gasteiger charge is 2.43. The monoisotopic (exact) mass is 253 g/mol. The van der Waals surface area contributed by atoms with Crippen molar-refractivity contribution in [3.63, 3.8) is 0 Å². The summed E-state index contributed by atoms with van der Waals surface area (Å²) in [6, 6.07) is 0. The van der Waals surface area contributed by atoms with Crippen molar-refractivity contribution in [3.05, 3.63) is 0 Å². The van der Waals surface area contributed by atoms with Crippen LogP contribution in [0.15, 0.2) is 0 Å². The van der Waals surface area contributed by atoms with E-state index in [1.54, 1.807) is 0 Å². The number of hydrogen-bond acceptors (Lipinski definition) is 2. The lowest BCUT2D eigenvalue weighted by Gasteiger charge is -2.52. The van der Waals surface area contributed by atoms with Gasteiger partial charge in [0.15, 0.2) is 0 Å². The lowest BCUT2D eigenvalue weighted by molar-refractivity contribution is -0.306. The van der Waals surface area contributed by atoms with Gasteiger partial charge in [-0.05, 0) is 59.8 Å². The van der Waals surface area contributed by atoms with E-state index in [0.29, 0.717) is 6.10 Å². The fraction of sp³-hybridized carbons (Fsp3) is 1.00. The van der Waals surface area contributed by atoms with Crippen LogP contribution < -0.4 is 0 Å². The molecule has 1 heterocycles. The minimum absolute atomic E-state index is 0.189. The Morgan fingerprint density at radius 3 is 1.78 bits per heavy atom. The number of piperidine rings is 1. The molecule has 2 nitrogen and oxygen atoms in total. The van der Waals surface area contributed by atoms with Gasteiger partial charge in [-0.2, -0.15) is 5.06 Å². The van der Waals surface area contributed by atoms with E-state index < -0.39 is 0 Å². The quantitative estimate of drug-likeness (QED) is 0.662. The summed E-state index contributed by atoms with van der Waals surface area (Å²) < 4.78 is 0.